The van der Waals surface area contributed by atoms with Crippen molar-refractivity contribution in [3.05, 3.63) is 62.0 Å². The molecule has 0 saturated heterocycles. The lowest BCUT2D eigenvalue weighted by molar-refractivity contribution is 0.0601. The second kappa shape index (κ2) is 7.16. The fourth-order valence-electron chi connectivity index (χ4n) is 1.77. The van der Waals surface area contributed by atoms with Gasteiger partial charge in [-0.15, -0.1) is 0 Å². The highest BCUT2D eigenvalue weighted by Gasteiger charge is 2.09. The minimum atomic E-state index is -0.407. The van der Waals surface area contributed by atoms with Gasteiger partial charge in [-0.3, -0.25) is 0 Å². The summed E-state index contributed by atoms with van der Waals surface area (Å²) in [6.07, 6.45) is 0. The molecule has 2 rings (SSSR count). The molecular formula is C15H12BrCl2NO2. The largest absolute Gasteiger partial charge is 0.465 e. The van der Waals surface area contributed by atoms with E-state index in [1.807, 2.05) is 18.2 Å². The van der Waals surface area contributed by atoms with Crippen LogP contribution in [0.25, 0.3) is 0 Å². The lowest BCUT2D eigenvalue weighted by atomic mass is 10.2. The first-order valence-corrected chi connectivity index (χ1v) is 7.62. The Morgan fingerprint density at radius 1 is 1.19 bits per heavy atom. The van der Waals surface area contributed by atoms with E-state index in [4.69, 9.17) is 27.9 Å². The van der Waals surface area contributed by atoms with Crippen molar-refractivity contribution in [1.29, 1.82) is 0 Å². The van der Waals surface area contributed by atoms with E-state index in [1.54, 1.807) is 18.2 Å². The summed E-state index contributed by atoms with van der Waals surface area (Å²) in [6, 6.07) is 10.5. The third kappa shape index (κ3) is 4.13. The molecule has 0 saturated carbocycles. The number of rotatable bonds is 4. The number of ether oxygens (including phenoxy) is 1. The Morgan fingerprint density at radius 3 is 2.62 bits per heavy atom. The van der Waals surface area contributed by atoms with Gasteiger partial charge in [0.1, 0.15) is 0 Å². The molecule has 0 aromatic heterocycles. The third-order valence-corrected chi connectivity index (χ3v) is 4.06. The van der Waals surface area contributed by atoms with E-state index >= 15 is 0 Å². The van der Waals surface area contributed by atoms with Crippen molar-refractivity contribution >= 4 is 50.8 Å². The van der Waals surface area contributed by atoms with Gasteiger partial charge in [0, 0.05) is 16.0 Å². The molecular weight excluding hydrogens is 377 g/mol. The van der Waals surface area contributed by atoms with Crippen LogP contribution in [0.15, 0.2) is 40.9 Å². The summed E-state index contributed by atoms with van der Waals surface area (Å²) in [7, 11) is 1.34. The van der Waals surface area contributed by atoms with Crippen LogP contribution in [0.1, 0.15) is 15.9 Å². The molecule has 110 valence electrons. The number of esters is 1. The zero-order valence-corrected chi connectivity index (χ0v) is 14.2. The van der Waals surface area contributed by atoms with Crippen LogP contribution in [0.3, 0.4) is 0 Å². The van der Waals surface area contributed by atoms with E-state index in [0.29, 0.717) is 27.8 Å². The van der Waals surface area contributed by atoms with Gasteiger partial charge >= 0.3 is 5.97 Å². The van der Waals surface area contributed by atoms with Gasteiger partial charge in [0.05, 0.1) is 23.4 Å². The van der Waals surface area contributed by atoms with Crippen LogP contribution in [-0.2, 0) is 11.3 Å². The monoisotopic (exact) mass is 387 g/mol. The van der Waals surface area contributed by atoms with Gasteiger partial charge in [-0.1, -0.05) is 39.1 Å². The highest BCUT2D eigenvalue weighted by molar-refractivity contribution is 9.10. The number of carbonyl (C=O) groups excluding carboxylic acids is 1. The summed E-state index contributed by atoms with van der Waals surface area (Å²) >= 11 is 15.7. The molecule has 6 heteroatoms. The minimum Gasteiger partial charge on any atom is -0.465 e. The smallest absolute Gasteiger partial charge is 0.337 e. The first-order chi connectivity index (χ1) is 10.0. The van der Waals surface area contributed by atoms with E-state index < -0.39 is 5.97 Å². The predicted molar refractivity (Wildman–Crippen MR) is 89.3 cm³/mol. The van der Waals surface area contributed by atoms with E-state index in [2.05, 4.69) is 21.2 Å². The number of benzene rings is 2. The molecule has 0 fully saturated rings. The standard InChI is InChI=1S/C15H12BrCl2NO2/c1-21-15(20)9-2-4-13(18)14(7-9)19-8-10-6-11(16)3-5-12(10)17/h2-7,19H,8H2,1H3. The second-order valence-electron chi connectivity index (χ2n) is 4.28. The van der Waals surface area contributed by atoms with Crippen molar-refractivity contribution in [3.63, 3.8) is 0 Å². The molecule has 0 aliphatic heterocycles. The van der Waals surface area contributed by atoms with Crippen molar-refractivity contribution in [2.75, 3.05) is 12.4 Å². The number of hydrogen-bond acceptors (Lipinski definition) is 3. The Hall–Kier alpha value is -1.23. The number of nitrogens with one attached hydrogen (secondary N) is 1. The number of carbonyl (C=O) groups is 1. The zero-order chi connectivity index (χ0) is 15.4. The topological polar surface area (TPSA) is 38.3 Å². The summed E-state index contributed by atoms with van der Waals surface area (Å²) in [5.41, 5.74) is 2.01. The van der Waals surface area contributed by atoms with Crippen LogP contribution in [0.4, 0.5) is 5.69 Å². The number of methoxy groups -OCH3 is 1. The maximum absolute atomic E-state index is 11.5. The highest BCUT2D eigenvalue weighted by Crippen LogP contribution is 2.26. The van der Waals surface area contributed by atoms with E-state index in [9.17, 15) is 4.79 Å². The molecule has 0 aliphatic carbocycles. The maximum Gasteiger partial charge on any atom is 0.337 e. The summed E-state index contributed by atoms with van der Waals surface area (Å²) in [4.78, 5) is 11.5. The summed E-state index contributed by atoms with van der Waals surface area (Å²) in [5, 5.41) is 4.35. The molecule has 2 aromatic rings. The Labute approximate surface area is 141 Å². The number of anilines is 1. The fourth-order valence-corrected chi connectivity index (χ4v) is 2.55. The molecule has 0 amide bonds. The van der Waals surface area contributed by atoms with Crippen molar-refractivity contribution in [2.24, 2.45) is 0 Å². The van der Waals surface area contributed by atoms with Gasteiger partial charge in [0.25, 0.3) is 0 Å². The molecule has 2 aromatic carbocycles. The molecule has 1 N–H and O–H groups in total. The van der Waals surface area contributed by atoms with Crippen LogP contribution in [-0.4, -0.2) is 13.1 Å². The normalized spacial score (nSPS) is 10.3. The van der Waals surface area contributed by atoms with Gasteiger partial charge in [-0.05, 0) is 42.0 Å². The second-order valence-corrected chi connectivity index (χ2v) is 6.01. The summed E-state index contributed by atoms with van der Waals surface area (Å²) in [5.74, 6) is -0.407. The van der Waals surface area contributed by atoms with Gasteiger partial charge < -0.3 is 10.1 Å². The van der Waals surface area contributed by atoms with Gasteiger partial charge in [-0.25, -0.2) is 4.79 Å². The van der Waals surface area contributed by atoms with Crippen molar-refractivity contribution in [3.8, 4) is 0 Å². The van der Waals surface area contributed by atoms with Crippen LogP contribution in [0.2, 0.25) is 10.0 Å². The first-order valence-electron chi connectivity index (χ1n) is 6.07. The molecule has 0 spiro atoms. The predicted octanol–water partition coefficient (Wildman–Crippen LogP) is 5.15. The average molecular weight is 389 g/mol. The number of halogens is 3. The molecule has 3 nitrogen and oxygen atoms in total. The van der Waals surface area contributed by atoms with E-state index in [-0.39, 0.29) is 0 Å². The molecule has 0 aliphatic rings. The SMILES string of the molecule is COC(=O)c1ccc(Cl)c(NCc2cc(Br)ccc2Cl)c1. The lowest BCUT2D eigenvalue weighted by Crippen LogP contribution is -2.05. The lowest BCUT2D eigenvalue weighted by Gasteiger charge is -2.11. The highest BCUT2D eigenvalue weighted by atomic mass is 79.9. The van der Waals surface area contributed by atoms with Crippen LogP contribution in [0.5, 0.6) is 0 Å². The zero-order valence-electron chi connectivity index (χ0n) is 11.1. The van der Waals surface area contributed by atoms with Gasteiger partial charge in [0.15, 0.2) is 0 Å². The minimum absolute atomic E-state index is 0.407. The summed E-state index contributed by atoms with van der Waals surface area (Å²) in [6.45, 7) is 0.489. The first kappa shape index (κ1) is 16.1. The molecule has 0 radical (unpaired) electrons. The summed E-state index contributed by atoms with van der Waals surface area (Å²) < 4.78 is 5.63. The molecule has 0 heterocycles. The Bertz CT molecular complexity index is 677. The van der Waals surface area contributed by atoms with Crippen LogP contribution in [0, 0.1) is 0 Å². The Morgan fingerprint density at radius 2 is 1.90 bits per heavy atom. The van der Waals surface area contributed by atoms with Crippen LogP contribution < -0.4 is 5.32 Å². The van der Waals surface area contributed by atoms with Crippen LogP contribution >= 0.6 is 39.1 Å². The van der Waals surface area contributed by atoms with Crippen molar-refractivity contribution < 1.29 is 9.53 Å². The van der Waals surface area contributed by atoms with E-state index in [1.165, 1.54) is 7.11 Å². The fraction of sp³-hybridized carbons (Fsp3) is 0.133. The van der Waals surface area contributed by atoms with Crippen molar-refractivity contribution in [2.45, 2.75) is 6.54 Å². The molecule has 0 unspecified atom stereocenters. The quantitative estimate of drug-likeness (QED) is 0.735. The maximum atomic E-state index is 11.5. The van der Waals surface area contributed by atoms with Gasteiger partial charge in [-0.2, -0.15) is 0 Å². The molecule has 0 bridgehead atoms. The average Bonchev–Trinajstić information content (AvgIpc) is 2.48. The Balaban J connectivity index is 2.19. The van der Waals surface area contributed by atoms with Gasteiger partial charge in [0.2, 0.25) is 0 Å². The third-order valence-electron chi connectivity index (χ3n) is 2.86. The van der Waals surface area contributed by atoms with Crippen molar-refractivity contribution in [1.82, 2.24) is 0 Å². The van der Waals surface area contributed by atoms with E-state index in [0.717, 1.165) is 10.0 Å². The molecule has 21 heavy (non-hydrogen) atoms. The Kier molecular flexibility index (Phi) is 5.51. The molecule has 0 atom stereocenters. The number of hydrogen-bond donors (Lipinski definition) is 1.